The normalized spacial score (nSPS) is 21.3. The van der Waals surface area contributed by atoms with E-state index in [-0.39, 0.29) is 0 Å². The zero-order valence-corrected chi connectivity index (χ0v) is 13.7. The van der Waals surface area contributed by atoms with Gasteiger partial charge in [0.15, 0.2) is 0 Å². The third kappa shape index (κ3) is 3.31. The molecular weight excluding hydrogens is 288 g/mol. The number of hydrogen-bond acceptors (Lipinski definition) is 4. The highest BCUT2D eigenvalue weighted by Crippen LogP contribution is 2.34. The van der Waals surface area contributed by atoms with E-state index in [0.29, 0.717) is 5.92 Å². The summed E-state index contributed by atoms with van der Waals surface area (Å²) >= 11 is 0. The van der Waals surface area contributed by atoms with Gasteiger partial charge in [-0.3, -0.25) is 9.88 Å². The summed E-state index contributed by atoms with van der Waals surface area (Å²) in [5.41, 5.74) is 3.94. The fourth-order valence-electron chi connectivity index (χ4n) is 3.62. The Morgan fingerprint density at radius 3 is 2.83 bits per heavy atom. The lowest BCUT2D eigenvalue weighted by Gasteiger charge is -2.33. The van der Waals surface area contributed by atoms with Gasteiger partial charge >= 0.3 is 0 Å². The number of fused-ring (bicyclic) bond motifs is 1. The lowest BCUT2D eigenvalue weighted by atomic mass is 9.98. The van der Waals surface area contributed by atoms with E-state index >= 15 is 0 Å². The summed E-state index contributed by atoms with van der Waals surface area (Å²) in [5, 5.41) is 0. The Labute approximate surface area is 137 Å². The molecule has 122 valence electrons. The van der Waals surface area contributed by atoms with Crippen molar-refractivity contribution < 1.29 is 4.74 Å². The van der Waals surface area contributed by atoms with Crippen LogP contribution in [0.2, 0.25) is 0 Å². The molecule has 0 amide bonds. The molecule has 0 bridgehead atoms. The molecule has 4 rings (SSSR count). The van der Waals surface area contributed by atoms with Crippen LogP contribution in [-0.2, 0) is 24.4 Å². The van der Waals surface area contributed by atoms with Crippen LogP contribution < -0.4 is 0 Å². The van der Waals surface area contributed by atoms with Crippen molar-refractivity contribution in [2.45, 2.75) is 38.4 Å². The SMILES string of the molecule is COC[C@@H]1CN(Cc2ccncc2)Cc2ncn(CC3CC3)c21. The molecule has 0 unspecified atom stereocenters. The van der Waals surface area contributed by atoms with Crippen LogP contribution in [-0.4, -0.2) is 39.7 Å². The molecule has 2 aromatic heterocycles. The Bertz CT molecular complexity index is 650. The van der Waals surface area contributed by atoms with Gasteiger partial charge < -0.3 is 9.30 Å². The molecule has 5 heteroatoms. The zero-order chi connectivity index (χ0) is 15.6. The Kier molecular flexibility index (Phi) is 4.14. The number of nitrogens with zero attached hydrogens (tertiary/aromatic N) is 4. The lowest BCUT2D eigenvalue weighted by molar-refractivity contribution is 0.131. The number of methoxy groups -OCH3 is 1. The van der Waals surface area contributed by atoms with E-state index < -0.39 is 0 Å². The van der Waals surface area contributed by atoms with Crippen LogP contribution >= 0.6 is 0 Å². The van der Waals surface area contributed by atoms with Crippen molar-refractivity contribution in [1.29, 1.82) is 0 Å². The van der Waals surface area contributed by atoms with Crippen LogP contribution in [0.1, 0.15) is 35.7 Å². The average molecular weight is 312 g/mol. The predicted octanol–water partition coefficient (Wildman–Crippen LogP) is 2.43. The van der Waals surface area contributed by atoms with Crippen LogP contribution in [0.5, 0.6) is 0 Å². The van der Waals surface area contributed by atoms with Crippen LogP contribution in [0.3, 0.4) is 0 Å². The highest BCUT2D eigenvalue weighted by atomic mass is 16.5. The van der Waals surface area contributed by atoms with Gasteiger partial charge in [0.05, 0.1) is 18.6 Å². The second-order valence-corrected chi connectivity index (χ2v) is 6.85. The molecule has 1 aliphatic heterocycles. The Morgan fingerprint density at radius 1 is 1.26 bits per heavy atom. The van der Waals surface area contributed by atoms with E-state index in [2.05, 4.69) is 26.6 Å². The van der Waals surface area contributed by atoms with Crippen molar-refractivity contribution in [3.8, 4) is 0 Å². The molecule has 0 N–H and O–H groups in total. The van der Waals surface area contributed by atoms with Crippen molar-refractivity contribution in [3.05, 3.63) is 47.8 Å². The second kappa shape index (κ2) is 6.42. The average Bonchev–Trinajstić information content (AvgIpc) is 3.28. The predicted molar refractivity (Wildman–Crippen MR) is 87.9 cm³/mol. The maximum Gasteiger partial charge on any atom is 0.0952 e. The van der Waals surface area contributed by atoms with Gasteiger partial charge in [0.2, 0.25) is 0 Å². The van der Waals surface area contributed by atoms with E-state index in [9.17, 15) is 0 Å². The zero-order valence-electron chi connectivity index (χ0n) is 13.7. The first kappa shape index (κ1) is 14.8. The van der Waals surface area contributed by atoms with Gasteiger partial charge in [-0.15, -0.1) is 0 Å². The Balaban J connectivity index is 1.54. The van der Waals surface area contributed by atoms with Crippen LogP contribution in [0.25, 0.3) is 0 Å². The maximum atomic E-state index is 5.50. The van der Waals surface area contributed by atoms with Gasteiger partial charge in [-0.05, 0) is 36.5 Å². The van der Waals surface area contributed by atoms with E-state index in [1.807, 2.05) is 18.7 Å². The fourth-order valence-corrected chi connectivity index (χ4v) is 3.62. The molecule has 0 radical (unpaired) electrons. The van der Waals surface area contributed by atoms with Crippen molar-refractivity contribution in [2.24, 2.45) is 5.92 Å². The summed E-state index contributed by atoms with van der Waals surface area (Å²) in [6.45, 7) is 4.79. The van der Waals surface area contributed by atoms with Crippen LogP contribution in [0, 0.1) is 5.92 Å². The number of ether oxygens (including phenoxy) is 1. The molecule has 2 aromatic rings. The molecule has 1 fully saturated rings. The van der Waals surface area contributed by atoms with Gasteiger partial charge in [0, 0.05) is 57.3 Å². The largest absolute Gasteiger partial charge is 0.384 e. The number of pyridine rings is 1. The van der Waals surface area contributed by atoms with Crippen molar-refractivity contribution in [3.63, 3.8) is 0 Å². The minimum absolute atomic E-state index is 0.409. The van der Waals surface area contributed by atoms with Crippen LogP contribution in [0.4, 0.5) is 0 Å². The Morgan fingerprint density at radius 2 is 2.09 bits per heavy atom. The summed E-state index contributed by atoms with van der Waals surface area (Å²) < 4.78 is 7.89. The lowest BCUT2D eigenvalue weighted by Crippen LogP contribution is -2.36. The first-order valence-corrected chi connectivity index (χ1v) is 8.47. The van der Waals surface area contributed by atoms with Gasteiger partial charge in [0.25, 0.3) is 0 Å². The number of rotatable bonds is 6. The van der Waals surface area contributed by atoms with Gasteiger partial charge in [0.1, 0.15) is 0 Å². The molecule has 23 heavy (non-hydrogen) atoms. The van der Waals surface area contributed by atoms with E-state index in [0.717, 1.165) is 38.7 Å². The molecule has 2 aliphatic rings. The minimum Gasteiger partial charge on any atom is -0.384 e. The highest BCUT2D eigenvalue weighted by molar-refractivity contribution is 5.23. The highest BCUT2D eigenvalue weighted by Gasteiger charge is 2.31. The maximum absolute atomic E-state index is 5.50. The number of aromatic nitrogens is 3. The van der Waals surface area contributed by atoms with Crippen molar-refractivity contribution in [1.82, 2.24) is 19.4 Å². The van der Waals surface area contributed by atoms with Gasteiger partial charge in [-0.1, -0.05) is 0 Å². The summed E-state index contributed by atoms with van der Waals surface area (Å²) in [6.07, 6.45) is 8.51. The second-order valence-electron chi connectivity index (χ2n) is 6.85. The first-order chi connectivity index (χ1) is 11.3. The molecule has 1 atom stereocenters. The quantitative estimate of drug-likeness (QED) is 0.822. The molecule has 0 spiro atoms. The summed E-state index contributed by atoms with van der Waals surface area (Å²) in [7, 11) is 1.79. The van der Waals surface area contributed by atoms with E-state index in [1.54, 1.807) is 7.11 Å². The summed E-state index contributed by atoms with van der Waals surface area (Å²) in [5.74, 6) is 1.28. The molecule has 3 heterocycles. The van der Waals surface area contributed by atoms with Crippen molar-refractivity contribution in [2.75, 3.05) is 20.3 Å². The summed E-state index contributed by atoms with van der Waals surface area (Å²) in [6, 6.07) is 4.18. The van der Waals surface area contributed by atoms with Gasteiger partial charge in [-0.2, -0.15) is 0 Å². The number of hydrogen-bond donors (Lipinski definition) is 0. The third-order valence-corrected chi connectivity index (χ3v) is 4.87. The molecule has 5 nitrogen and oxygen atoms in total. The number of imidazole rings is 1. The summed E-state index contributed by atoms with van der Waals surface area (Å²) in [4.78, 5) is 11.3. The van der Waals surface area contributed by atoms with E-state index in [4.69, 9.17) is 9.72 Å². The topological polar surface area (TPSA) is 43.2 Å². The van der Waals surface area contributed by atoms with E-state index in [1.165, 1.54) is 29.8 Å². The molecule has 0 saturated heterocycles. The molecule has 1 aliphatic carbocycles. The van der Waals surface area contributed by atoms with Crippen molar-refractivity contribution >= 4 is 0 Å². The third-order valence-electron chi connectivity index (χ3n) is 4.87. The standard InChI is InChI=1S/C18H24N4O/c1-23-12-16-10-21(8-15-4-6-19-7-5-15)11-17-18(16)22(13-20-17)9-14-2-3-14/h4-7,13-14,16H,2-3,8-12H2,1H3/t16-/m0/s1. The first-order valence-electron chi connectivity index (χ1n) is 8.47. The smallest absolute Gasteiger partial charge is 0.0952 e. The fraction of sp³-hybridized carbons (Fsp3) is 0.556. The molecule has 0 aromatic carbocycles. The van der Waals surface area contributed by atoms with Gasteiger partial charge in [-0.25, -0.2) is 4.98 Å². The monoisotopic (exact) mass is 312 g/mol. The Hall–Kier alpha value is -1.72. The van der Waals surface area contributed by atoms with Crippen LogP contribution in [0.15, 0.2) is 30.9 Å². The molecule has 1 saturated carbocycles. The molecular formula is C18H24N4O. The minimum atomic E-state index is 0.409.